The first-order valence-corrected chi connectivity index (χ1v) is 5.59. The van der Waals surface area contributed by atoms with E-state index in [9.17, 15) is 4.39 Å². The van der Waals surface area contributed by atoms with Crippen LogP contribution in [0.3, 0.4) is 0 Å². The molecule has 1 rings (SSSR count). The van der Waals surface area contributed by atoms with E-state index in [1.54, 1.807) is 26.1 Å². The number of rotatable bonds is 4. The van der Waals surface area contributed by atoms with Crippen LogP contribution >= 0.6 is 11.6 Å². The number of halogens is 2. The quantitative estimate of drug-likeness (QED) is 0.793. The van der Waals surface area contributed by atoms with Crippen LogP contribution in [-0.2, 0) is 0 Å². The van der Waals surface area contributed by atoms with Gasteiger partial charge in [0.05, 0.1) is 0 Å². The summed E-state index contributed by atoms with van der Waals surface area (Å²) in [6, 6.07) is 4.65. The van der Waals surface area contributed by atoms with Gasteiger partial charge in [0, 0.05) is 23.0 Å². The lowest BCUT2D eigenvalue weighted by atomic mass is 10.0. The zero-order valence-electron chi connectivity index (χ0n) is 9.48. The van der Waals surface area contributed by atoms with E-state index in [2.05, 4.69) is 17.2 Å². The molecule has 0 aliphatic heterocycles. The van der Waals surface area contributed by atoms with Crippen LogP contribution in [0.2, 0.25) is 5.02 Å². The normalized spacial score (nSPS) is 11.8. The molecule has 1 aromatic rings. The van der Waals surface area contributed by atoms with Gasteiger partial charge < -0.3 is 5.32 Å². The molecule has 0 amide bonds. The van der Waals surface area contributed by atoms with Gasteiger partial charge in [0.2, 0.25) is 0 Å². The minimum absolute atomic E-state index is 0.0884. The molecule has 0 aliphatic carbocycles. The topological polar surface area (TPSA) is 12.0 Å². The van der Waals surface area contributed by atoms with Gasteiger partial charge in [-0.05, 0) is 32.5 Å². The van der Waals surface area contributed by atoms with Gasteiger partial charge in [-0.3, -0.25) is 0 Å². The Morgan fingerprint density at radius 3 is 2.81 bits per heavy atom. The average Bonchev–Trinajstić information content (AvgIpc) is 2.26. The van der Waals surface area contributed by atoms with Crippen molar-refractivity contribution in [3.63, 3.8) is 0 Å². The predicted molar refractivity (Wildman–Crippen MR) is 65.9 cm³/mol. The molecule has 0 fully saturated rings. The summed E-state index contributed by atoms with van der Waals surface area (Å²) in [5.74, 6) is 5.52. The van der Waals surface area contributed by atoms with E-state index in [4.69, 9.17) is 11.6 Å². The Hall–Kier alpha value is -1.04. The molecule has 1 nitrogen and oxygen atoms in total. The highest BCUT2D eigenvalue weighted by atomic mass is 35.5. The van der Waals surface area contributed by atoms with Crippen LogP contribution in [0.25, 0.3) is 0 Å². The number of hydrogen-bond donors (Lipinski definition) is 1. The zero-order chi connectivity index (χ0) is 12.0. The molecule has 0 aliphatic rings. The first kappa shape index (κ1) is 13.0. The minimum Gasteiger partial charge on any atom is -0.313 e. The van der Waals surface area contributed by atoms with Crippen LogP contribution in [0.15, 0.2) is 18.2 Å². The third-order valence-electron chi connectivity index (χ3n) is 2.43. The van der Waals surface area contributed by atoms with Crippen molar-refractivity contribution >= 4 is 11.6 Å². The van der Waals surface area contributed by atoms with Crippen LogP contribution in [-0.4, -0.2) is 7.05 Å². The van der Waals surface area contributed by atoms with Gasteiger partial charge in [0.25, 0.3) is 0 Å². The molecule has 0 bridgehead atoms. The molecule has 3 heteroatoms. The predicted octanol–water partition coefficient (Wildman–Crippen LogP) is 3.54. The van der Waals surface area contributed by atoms with Gasteiger partial charge in [-0.1, -0.05) is 17.7 Å². The fraction of sp³-hybridized carbons (Fsp3) is 0.385. The van der Waals surface area contributed by atoms with Crippen molar-refractivity contribution in [3.05, 3.63) is 34.6 Å². The van der Waals surface area contributed by atoms with Crippen LogP contribution in [0.1, 0.15) is 31.4 Å². The average molecular weight is 240 g/mol. The van der Waals surface area contributed by atoms with Crippen LogP contribution in [0.5, 0.6) is 0 Å². The third-order valence-corrected chi connectivity index (χ3v) is 2.76. The highest BCUT2D eigenvalue weighted by molar-refractivity contribution is 6.31. The summed E-state index contributed by atoms with van der Waals surface area (Å²) in [7, 11) is 1.80. The second-order valence-electron chi connectivity index (χ2n) is 3.44. The Morgan fingerprint density at radius 1 is 1.50 bits per heavy atom. The fourth-order valence-corrected chi connectivity index (χ4v) is 1.91. The lowest BCUT2D eigenvalue weighted by molar-refractivity contribution is 0.514. The molecule has 1 N–H and O–H groups in total. The van der Waals surface area contributed by atoms with Crippen LogP contribution in [0.4, 0.5) is 4.39 Å². The highest BCUT2D eigenvalue weighted by Gasteiger charge is 2.16. The van der Waals surface area contributed by atoms with E-state index in [0.29, 0.717) is 10.6 Å². The Labute approximate surface area is 101 Å². The van der Waals surface area contributed by atoms with E-state index in [-0.39, 0.29) is 11.9 Å². The number of hydrogen-bond acceptors (Lipinski definition) is 1. The van der Waals surface area contributed by atoms with Crippen molar-refractivity contribution in [2.45, 2.75) is 25.8 Å². The van der Waals surface area contributed by atoms with Crippen molar-refractivity contribution in [1.29, 1.82) is 0 Å². The molecular formula is C13H15ClFN. The zero-order valence-corrected chi connectivity index (χ0v) is 10.2. The van der Waals surface area contributed by atoms with Gasteiger partial charge >= 0.3 is 0 Å². The van der Waals surface area contributed by atoms with Gasteiger partial charge in [-0.25, -0.2) is 4.39 Å². The van der Waals surface area contributed by atoms with Crippen molar-refractivity contribution in [1.82, 2.24) is 5.32 Å². The molecule has 0 spiro atoms. The first-order valence-electron chi connectivity index (χ1n) is 5.21. The van der Waals surface area contributed by atoms with E-state index < -0.39 is 0 Å². The molecule has 0 saturated carbocycles. The Bertz CT molecular complexity index is 386. The van der Waals surface area contributed by atoms with Crippen LogP contribution < -0.4 is 5.32 Å². The summed E-state index contributed by atoms with van der Waals surface area (Å²) in [5.41, 5.74) is 0.532. The van der Waals surface area contributed by atoms with Gasteiger partial charge in [-0.15, -0.1) is 11.8 Å². The summed E-state index contributed by atoms with van der Waals surface area (Å²) in [4.78, 5) is 0. The molecule has 0 saturated heterocycles. The maximum Gasteiger partial charge on any atom is 0.129 e. The lowest BCUT2D eigenvalue weighted by Gasteiger charge is -2.17. The van der Waals surface area contributed by atoms with Gasteiger partial charge in [0.15, 0.2) is 0 Å². The lowest BCUT2D eigenvalue weighted by Crippen LogP contribution is -2.18. The molecular weight excluding hydrogens is 225 g/mol. The number of nitrogens with one attached hydrogen (secondary N) is 1. The Balaban J connectivity index is 2.88. The van der Waals surface area contributed by atoms with Crippen LogP contribution in [0, 0.1) is 17.7 Å². The SMILES string of the molecule is CC#CCCC(NC)c1c(F)cccc1Cl. The molecule has 0 radical (unpaired) electrons. The largest absolute Gasteiger partial charge is 0.313 e. The van der Waals surface area contributed by atoms with Gasteiger partial charge in [0.1, 0.15) is 5.82 Å². The van der Waals surface area contributed by atoms with Gasteiger partial charge in [-0.2, -0.15) is 0 Å². The van der Waals surface area contributed by atoms with E-state index in [1.165, 1.54) is 6.07 Å². The molecule has 86 valence electrons. The monoisotopic (exact) mass is 239 g/mol. The van der Waals surface area contributed by atoms with Crippen molar-refractivity contribution in [2.24, 2.45) is 0 Å². The molecule has 1 aromatic carbocycles. The summed E-state index contributed by atoms with van der Waals surface area (Å²) in [6.07, 6.45) is 1.48. The van der Waals surface area contributed by atoms with E-state index in [1.807, 2.05) is 0 Å². The third kappa shape index (κ3) is 3.23. The molecule has 1 unspecified atom stereocenters. The summed E-state index contributed by atoms with van der Waals surface area (Å²) in [6.45, 7) is 1.80. The number of benzene rings is 1. The standard InChI is InChI=1S/C13H15ClFN/c1-3-4-5-9-12(16-2)13-10(14)7-6-8-11(13)15/h6-8,12,16H,5,9H2,1-2H3. The Kier molecular flexibility index (Phi) is 5.31. The van der Waals surface area contributed by atoms with E-state index >= 15 is 0 Å². The molecule has 1 atom stereocenters. The molecule has 0 aromatic heterocycles. The maximum absolute atomic E-state index is 13.6. The second kappa shape index (κ2) is 6.52. The molecule has 16 heavy (non-hydrogen) atoms. The summed E-state index contributed by atoms with van der Waals surface area (Å²) in [5, 5.41) is 3.53. The second-order valence-corrected chi connectivity index (χ2v) is 3.85. The minimum atomic E-state index is -0.267. The summed E-state index contributed by atoms with van der Waals surface area (Å²) < 4.78 is 13.6. The maximum atomic E-state index is 13.6. The fourth-order valence-electron chi connectivity index (χ4n) is 1.62. The van der Waals surface area contributed by atoms with E-state index in [0.717, 1.165) is 12.8 Å². The summed E-state index contributed by atoms with van der Waals surface area (Å²) >= 11 is 6.00. The van der Waals surface area contributed by atoms with Crippen molar-refractivity contribution in [2.75, 3.05) is 7.05 Å². The Morgan fingerprint density at radius 2 is 2.25 bits per heavy atom. The van der Waals surface area contributed by atoms with Crippen molar-refractivity contribution in [3.8, 4) is 11.8 Å². The smallest absolute Gasteiger partial charge is 0.129 e. The highest BCUT2D eigenvalue weighted by Crippen LogP contribution is 2.28. The first-order chi connectivity index (χ1) is 7.70. The molecule has 0 heterocycles. The van der Waals surface area contributed by atoms with Crippen molar-refractivity contribution < 1.29 is 4.39 Å².